The summed E-state index contributed by atoms with van der Waals surface area (Å²) in [4.78, 5) is 25.2. The number of hydrogen-bond donors (Lipinski definition) is 2. The lowest BCUT2D eigenvalue weighted by Gasteiger charge is -2.30. The second-order valence-corrected chi connectivity index (χ2v) is 8.05. The zero-order valence-corrected chi connectivity index (χ0v) is 15.5. The third-order valence-electron chi connectivity index (χ3n) is 4.05. The molecule has 0 saturated carbocycles. The standard InChI is InChI=1S/C16H18FN5O2S2/c17-11-2-1-3-12(8-11)19-15-20-21-16(26-15)25-9-13(23)22-6-4-10(5-7-22)14(18)24/h1-3,8,10H,4-7,9H2,(H2,18,24)(H,19,20). The number of nitrogens with two attached hydrogens (primary N) is 1. The van der Waals surface area contributed by atoms with Crippen LogP contribution in [-0.4, -0.2) is 45.8 Å². The van der Waals surface area contributed by atoms with Gasteiger partial charge in [0.15, 0.2) is 4.34 Å². The van der Waals surface area contributed by atoms with Crippen molar-refractivity contribution in [1.82, 2.24) is 15.1 Å². The number of thioether (sulfide) groups is 1. The van der Waals surface area contributed by atoms with Crippen LogP contribution in [0.3, 0.4) is 0 Å². The SMILES string of the molecule is NC(=O)C1CCN(C(=O)CSc2nnc(Nc3cccc(F)c3)s2)CC1. The van der Waals surface area contributed by atoms with Gasteiger partial charge in [-0.2, -0.15) is 0 Å². The number of primary amides is 1. The molecule has 2 aromatic rings. The maximum atomic E-state index is 13.2. The average molecular weight is 395 g/mol. The van der Waals surface area contributed by atoms with Crippen molar-refractivity contribution in [2.75, 3.05) is 24.2 Å². The molecule has 0 spiro atoms. The van der Waals surface area contributed by atoms with Crippen LogP contribution in [0.2, 0.25) is 0 Å². The Morgan fingerprint density at radius 3 is 2.81 bits per heavy atom. The van der Waals surface area contributed by atoms with Gasteiger partial charge < -0.3 is 16.0 Å². The Morgan fingerprint density at radius 2 is 2.12 bits per heavy atom. The van der Waals surface area contributed by atoms with E-state index >= 15 is 0 Å². The maximum absolute atomic E-state index is 13.2. The molecule has 3 rings (SSSR count). The Labute approximate surface area is 158 Å². The highest BCUT2D eigenvalue weighted by Gasteiger charge is 2.25. The summed E-state index contributed by atoms with van der Waals surface area (Å²) in [5, 5.41) is 11.5. The topological polar surface area (TPSA) is 101 Å². The van der Waals surface area contributed by atoms with Crippen LogP contribution in [-0.2, 0) is 9.59 Å². The largest absolute Gasteiger partial charge is 0.369 e. The molecule has 1 saturated heterocycles. The Bertz CT molecular complexity index is 792. The number of piperidine rings is 1. The normalized spacial score (nSPS) is 15.0. The lowest BCUT2D eigenvalue weighted by atomic mass is 9.96. The first-order chi connectivity index (χ1) is 12.5. The summed E-state index contributed by atoms with van der Waals surface area (Å²) in [6, 6.07) is 6.07. The molecular weight excluding hydrogens is 377 g/mol. The molecule has 2 amide bonds. The van der Waals surface area contributed by atoms with Crippen LogP contribution in [0.1, 0.15) is 12.8 Å². The Morgan fingerprint density at radius 1 is 1.35 bits per heavy atom. The van der Waals surface area contributed by atoms with Crippen molar-refractivity contribution < 1.29 is 14.0 Å². The maximum Gasteiger partial charge on any atom is 0.233 e. The molecule has 2 heterocycles. The Hall–Kier alpha value is -2.20. The molecule has 10 heteroatoms. The van der Waals surface area contributed by atoms with E-state index in [1.807, 2.05) is 0 Å². The van der Waals surface area contributed by atoms with E-state index in [0.717, 1.165) is 0 Å². The summed E-state index contributed by atoms with van der Waals surface area (Å²) in [7, 11) is 0. The number of anilines is 2. The molecule has 0 aliphatic carbocycles. The number of carbonyl (C=O) groups is 2. The molecule has 1 fully saturated rings. The van der Waals surface area contributed by atoms with Crippen molar-refractivity contribution in [3.8, 4) is 0 Å². The Balaban J connectivity index is 1.47. The fourth-order valence-corrected chi connectivity index (χ4v) is 4.31. The molecular formula is C16H18FN5O2S2. The molecule has 0 atom stereocenters. The van der Waals surface area contributed by atoms with E-state index < -0.39 is 0 Å². The molecule has 0 radical (unpaired) electrons. The fourth-order valence-electron chi connectivity index (χ4n) is 2.64. The highest BCUT2D eigenvalue weighted by atomic mass is 32.2. The zero-order chi connectivity index (χ0) is 18.5. The molecule has 3 N–H and O–H groups in total. The van der Waals surface area contributed by atoms with Gasteiger partial charge in [-0.3, -0.25) is 9.59 Å². The van der Waals surface area contributed by atoms with Crippen LogP contribution in [0.4, 0.5) is 15.2 Å². The lowest BCUT2D eigenvalue weighted by molar-refractivity contribution is -0.132. The van der Waals surface area contributed by atoms with Gasteiger partial charge in [-0.15, -0.1) is 10.2 Å². The predicted octanol–water partition coefficient (Wildman–Crippen LogP) is 2.24. The summed E-state index contributed by atoms with van der Waals surface area (Å²) in [5.74, 6) is -0.493. The molecule has 1 aromatic carbocycles. The number of benzene rings is 1. The zero-order valence-electron chi connectivity index (χ0n) is 13.9. The van der Waals surface area contributed by atoms with E-state index in [-0.39, 0.29) is 29.3 Å². The number of rotatable bonds is 6. The minimum atomic E-state index is -0.334. The second-order valence-electron chi connectivity index (χ2n) is 5.85. The summed E-state index contributed by atoms with van der Waals surface area (Å²) >= 11 is 2.61. The van der Waals surface area contributed by atoms with Crippen molar-refractivity contribution in [3.63, 3.8) is 0 Å². The molecule has 0 unspecified atom stereocenters. The van der Waals surface area contributed by atoms with E-state index in [4.69, 9.17) is 5.73 Å². The van der Waals surface area contributed by atoms with Gasteiger partial charge in [-0.1, -0.05) is 29.2 Å². The van der Waals surface area contributed by atoms with Crippen molar-refractivity contribution in [2.45, 2.75) is 17.2 Å². The number of nitrogens with one attached hydrogen (secondary N) is 1. The van der Waals surface area contributed by atoms with Crippen molar-refractivity contribution >= 4 is 45.7 Å². The molecule has 1 aliphatic rings. The molecule has 138 valence electrons. The highest BCUT2D eigenvalue weighted by Crippen LogP contribution is 2.28. The average Bonchev–Trinajstić information content (AvgIpc) is 3.07. The number of hydrogen-bond acceptors (Lipinski definition) is 7. The van der Waals surface area contributed by atoms with Gasteiger partial charge >= 0.3 is 0 Å². The van der Waals surface area contributed by atoms with Crippen LogP contribution >= 0.6 is 23.1 Å². The summed E-state index contributed by atoms with van der Waals surface area (Å²) in [6.07, 6.45) is 1.23. The fraction of sp³-hybridized carbons (Fsp3) is 0.375. The first-order valence-electron chi connectivity index (χ1n) is 8.07. The van der Waals surface area contributed by atoms with E-state index in [9.17, 15) is 14.0 Å². The number of amides is 2. The van der Waals surface area contributed by atoms with Gasteiger partial charge in [0.1, 0.15) is 5.82 Å². The second kappa shape index (κ2) is 8.45. The molecule has 7 nitrogen and oxygen atoms in total. The summed E-state index contributed by atoms with van der Waals surface area (Å²) in [6.45, 7) is 1.10. The van der Waals surface area contributed by atoms with Gasteiger partial charge in [0.05, 0.1) is 5.75 Å². The third-order valence-corrected chi connectivity index (χ3v) is 6.01. The van der Waals surface area contributed by atoms with Crippen molar-refractivity contribution in [3.05, 3.63) is 30.1 Å². The van der Waals surface area contributed by atoms with E-state index in [2.05, 4.69) is 15.5 Å². The minimum absolute atomic E-state index is 0.00719. The van der Waals surface area contributed by atoms with Crippen LogP contribution in [0.5, 0.6) is 0 Å². The van der Waals surface area contributed by atoms with Crippen molar-refractivity contribution in [2.24, 2.45) is 11.7 Å². The number of carbonyl (C=O) groups excluding carboxylic acids is 2. The van der Waals surface area contributed by atoms with E-state index in [1.54, 1.807) is 17.0 Å². The van der Waals surface area contributed by atoms with Crippen LogP contribution in [0.25, 0.3) is 0 Å². The Kier molecular flexibility index (Phi) is 6.04. The molecule has 1 aromatic heterocycles. The first kappa shape index (κ1) is 18.6. The quantitative estimate of drug-likeness (QED) is 0.728. The lowest BCUT2D eigenvalue weighted by Crippen LogP contribution is -2.42. The van der Waals surface area contributed by atoms with Crippen LogP contribution in [0.15, 0.2) is 28.6 Å². The highest BCUT2D eigenvalue weighted by molar-refractivity contribution is 8.01. The van der Waals surface area contributed by atoms with Gasteiger partial charge in [0.2, 0.25) is 16.9 Å². The number of aromatic nitrogens is 2. The predicted molar refractivity (Wildman–Crippen MR) is 98.8 cm³/mol. The van der Waals surface area contributed by atoms with Crippen molar-refractivity contribution in [1.29, 1.82) is 0 Å². The number of nitrogens with zero attached hydrogens (tertiary/aromatic N) is 3. The summed E-state index contributed by atoms with van der Waals surface area (Å²) in [5.41, 5.74) is 5.89. The summed E-state index contributed by atoms with van der Waals surface area (Å²) < 4.78 is 13.8. The number of halogens is 1. The van der Waals surface area contributed by atoms with Gasteiger partial charge in [-0.05, 0) is 31.0 Å². The molecule has 26 heavy (non-hydrogen) atoms. The third kappa shape index (κ3) is 4.92. The molecule has 1 aliphatic heterocycles. The van der Waals surface area contributed by atoms with Crippen LogP contribution in [0, 0.1) is 11.7 Å². The minimum Gasteiger partial charge on any atom is -0.369 e. The van der Waals surface area contributed by atoms with Gasteiger partial charge in [0.25, 0.3) is 0 Å². The first-order valence-corrected chi connectivity index (χ1v) is 9.87. The van der Waals surface area contributed by atoms with Gasteiger partial charge in [-0.25, -0.2) is 4.39 Å². The molecule has 0 bridgehead atoms. The van der Waals surface area contributed by atoms with E-state index in [0.29, 0.717) is 41.1 Å². The smallest absolute Gasteiger partial charge is 0.233 e. The van der Waals surface area contributed by atoms with Crippen LogP contribution < -0.4 is 11.1 Å². The monoisotopic (exact) mass is 395 g/mol. The van der Waals surface area contributed by atoms with E-state index in [1.165, 1.54) is 35.2 Å². The number of likely N-dealkylation sites (tertiary alicyclic amines) is 1. The van der Waals surface area contributed by atoms with Gasteiger partial charge in [0, 0.05) is 24.7 Å².